The minimum atomic E-state index is -0.433. The van der Waals surface area contributed by atoms with Gasteiger partial charge in [-0.25, -0.2) is 0 Å². The molecule has 0 saturated carbocycles. The summed E-state index contributed by atoms with van der Waals surface area (Å²) in [6.07, 6.45) is 5.91. The van der Waals surface area contributed by atoms with Crippen LogP contribution < -0.4 is 10.6 Å². The van der Waals surface area contributed by atoms with Crippen molar-refractivity contribution < 1.29 is 4.79 Å². The highest BCUT2D eigenvalue weighted by molar-refractivity contribution is 7.15. The Morgan fingerprint density at radius 3 is 2.58 bits per heavy atom. The molecule has 2 saturated heterocycles. The first-order valence-electron chi connectivity index (χ1n) is 12.8. The summed E-state index contributed by atoms with van der Waals surface area (Å²) in [5.41, 5.74) is 4.13. The summed E-state index contributed by atoms with van der Waals surface area (Å²) >= 11 is 7.92. The third-order valence-corrected chi connectivity index (χ3v) is 9.26. The smallest absolute Gasteiger partial charge is 0.222 e. The molecule has 3 aromatic rings. The average molecular weight is 523 g/mol. The van der Waals surface area contributed by atoms with E-state index in [1.807, 2.05) is 31.2 Å². The fourth-order valence-corrected chi connectivity index (χ4v) is 7.32. The zero-order chi connectivity index (χ0) is 25.0. The SMILES string of the molecule is Cc1sc2c(c1C)C(c1ccc(Cl)cc1)=NC(CC(=O)NC1CC3CCCC(C1)N3)c1nnc(C)n1-2. The van der Waals surface area contributed by atoms with Crippen LogP contribution in [0, 0.1) is 20.8 Å². The second-order valence-corrected chi connectivity index (χ2v) is 12.0. The van der Waals surface area contributed by atoms with Crippen LogP contribution in [0.3, 0.4) is 0 Å². The third kappa shape index (κ3) is 4.29. The zero-order valence-electron chi connectivity index (χ0n) is 20.8. The Labute approximate surface area is 220 Å². The van der Waals surface area contributed by atoms with E-state index >= 15 is 0 Å². The number of aliphatic imine (C=N–C) groups is 1. The number of halogens is 1. The van der Waals surface area contributed by atoms with Gasteiger partial charge in [0.1, 0.15) is 16.9 Å². The highest BCUT2D eigenvalue weighted by Crippen LogP contribution is 2.39. The molecule has 6 rings (SSSR count). The van der Waals surface area contributed by atoms with Crippen LogP contribution in [-0.2, 0) is 4.79 Å². The van der Waals surface area contributed by atoms with Gasteiger partial charge >= 0.3 is 0 Å². The number of hydrogen-bond donors (Lipinski definition) is 2. The Morgan fingerprint density at radius 2 is 1.86 bits per heavy atom. The van der Waals surface area contributed by atoms with Crippen LogP contribution in [0.2, 0.25) is 5.02 Å². The van der Waals surface area contributed by atoms with Gasteiger partial charge < -0.3 is 10.6 Å². The maximum atomic E-state index is 13.4. The van der Waals surface area contributed by atoms with E-state index in [1.54, 1.807) is 11.3 Å². The first kappa shape index (κ1) is 23.8. The maximum Gasteiger partial charge on any atom is 0.222 e. The number of aryl methyl sites for hydroxylation is 2. The molecular weight excluding hydrogens is 492 g/mol. The highest BCUT2D eigenvalue weighted by atomic mass is 35.5. The molecule has 0 spiro atoms. The largest absolute Gasteiger partial charge is 0.353 e. The van der Waals surface area contributed by atoms with Gasteiger partial charge in [0.15, 0.2) is 5.82 Å². The predicted molar refractivity (Wildman–Crippen MR) is 144 cm³/mol. The Kier molecular flexibility index (Phi) is 6.22. The summed E-state index contributed by atoms with van der Waals surface area (Å²) in [4.78, 5) is 19.8. The lowest BCUT2D eigenvalue weighted by Gasteiger charge is -2.40. The van der Waals surface area contributed by atoms with Gasteiger partial charge in [-0.2, -0.15) is 0 Å². The highest BCUT2D eigenvalue weighted by Gasteiger charge is 2.35. The molecule has 1 amide bonds. The van der Waals surface area contributed by atoms with E-state index in [9.17, 15) is 4.79 Å². The monoisotopic (exact) mass is 522 g/mol. The molecule has 188 valence electrons. The fraction of sp³-hybridized carbons (Fsp3) is 0.481. The molecule has 9 heteroatoms. The molecule has 3 unspecified atom stereocenters. The Morgan fingerprint density at radius 1 is 1.14 bits per heavy atom. The third-order valence-electron chi connectivity index (χ3n) is 7.82. The van der Waals surface area contributed by atoms with Gasteiger partial charge in [0.2, 0.25) is 5.91 Å². The van der Waals surface area contributed by atoms with E-state index in [1.165, 1.54) is 29.7 Å². The summed E-state index contributed by atoms with van der Waals surface area (Å²) in [5, 5.41) is 17.7. The van der Waals surface area contributed by atoms with E-state index in [4.69, 9.17) is 16.6 Å². The number of rotatable bonds is 4. The lowest BCUT2D eigenvalue weighted by atomic mass is 9.84. The summed E-state index contributed by atoms with van der Waals surface area (Å²) in [7, 11) is 0. The Hall–Kier alpha value is -2.55. The standard InChI is InChI=1S/C27H31ClN6OS/c1-14-15(2)36-27-24(14)25(17-7-9-18(28)10-8-17)31-22(26-33-32-16(3)34(26)27)13-23(35)30-21-11-19-5-4-6-20(12-21)29-19/h7-10,19-22,29H,4-6,11-13H2,1-3H3,(H,30,35). The number of carbonyl (C=O) groups excluding carboxylic acids is 1. The van der Waals surface area contributed by atoms with E-state index in [-0.39, 0.29) is 18.4 Å². The molecule has 3 atom stereocenters. The molecule has 2 fully saturated rings. The second kappa shape index (κ2) is 9.39. The number of nitrogens with one attached hydrogen (secondary N) is 2. The molecule has 36 heavy (non-hydrogen) atoms. The lowest BCUT2D eigenvalue weighted by molar-refractivity contribution is -0.122. The number of carbonyl (C=O) groups is 1. The summed E-state index contributed by atoms with van der Waals surface area (Å²) < 4.78 is 2.10. The van der Waals surface area contributed by atoms with Crippen LogP contribution in [0.1, 0.15) is 77.8 Å². The summed E-state index contributed by atoms with van der Waals surface area (Å²) in [5.74, 6) is 1.54. The van der Waals surface area contributed by atoms with Crippen LogP contribution in [-0.4, -0.2) is 44.5 Å². The van der Waals surface area contributed by atoms with E-state index in [2.05, 4.69) is 39.2 Å². The van der Waals surface area contributed by atoms with Crippen molar-refractivity contribution in [1.82, 2.24) is 25.4 Å². The summed E-state index contributed by atoms with van der Waals surface area (Å²) in [6.45, 7) is 6.23. The van der Waals surface area contributed by atoms with Gasteiger partial charge in [0, 0.05) is 39.2 Å². The maximum absolute atomic E-state index is 13.4. The molecule has 2 N–H and O–H groups in total. The average Bonchev–Trinajstić information content (AvgIpc) is 3.31. The number of thiophene rings is 1. The molecule has 3 aliphatic rings. The number of fused-ring (bicyclic) bond motifs is 5. The number of benzene rings is 1. The molecule has 2 aromatic heterocycles. The number of hydrogen-bond acceptors (Lipinski definition) is 6. The van der Waals surface area contributed by atoms with E-state index in [0.29, 0.717) is 17.1 Å². The van der Waals surface area contributed by atoms with Crippen molar-refractivity contribution in [2.75, 3.05) is 0 Å². The van der Waals surface area contributed by atoms with Crippen molar-refractivity contribution in [3.8, 4) is 5.00 Å². The molecule has 0 radical (unpaired) electrons. The topological polar surface area (TPSA) is 84.2 Å². The van der Waals surface area contributed by atoms with Crippen molar-refractivity contribution in [1.29, 1.82) is 0 Å². The number of amides is 1. The minimum absolute atomic E-state index is 0.0227. The van der Waals surface area contributed by atoms with Crippen molar-refractivity contribution >= 4 is 34.6 Å². The quantitative estimate of drug-likeness (QED) is 0.506. The normalized spacial score (nSPS) is 24.9. The van der Waals surface area contributed by atoms with Crippen LogP contribution in [0.15, 0.2) is 29.3 Å². The summed E-state index contributed by atoms with van der Waals surface area (Å²) in [6, 6.07) is 8.59. The first-order valence-corrected chi connectivity index (χ1v) is 14.0. The molecule has 3 aliphatic heterocycles. The Bertz CT molecular complexity index is 1330. The number of nitrogens with zero attached hydrogens (tertiary/aromatic N) is 4. The van der Waals surface area contributed by atoms with Gasteiger partial charge in [-0.15, -0.1) is 21.5 Å². The number of aromatic nitrogens is 3. The molecule has 7 nitrogen and oxygen atoms in total. The van der Waals surface area contributed by atoms with E-state index < -0.39 is 6.04 Å². The van der Waals surface area contributed by atoms with Crippen LogP contribution in [0.5, 0.6) is 0 Å². The lowest BCUT2D eigenvalue weighted by Crippen LogP contribution is -2.54. The fourth-order valence-electron chi connectivity index (χ4n) is 5.98. The Balaban J connectivity index is 1.36. The van der Waals surface area contributed by atoms with E-state index in [0.717, 1.165) is 46.3 Å². The molecule has 1 aromatic carbocycles. The van der Waals surface area contributed by atoms with Gasteiger partial charge in [0.05, 0.1) is 12.1 Å². The van der Waals surface area contributed by atoms with Gasteiger partial charge in [-0.05, 0) is 64.2 Å². The molecule has 2 bridgehead atoms. The minimum Gasteiger partial charge on any atom is -0.353 e. The van der Waals surface area contributed by atoms with Crippen molar-refractivity contribution in [2.45, 2.75) is 83.5 Å². The van der Waals surface area contributed by atoms with Crippen LogP contribution in [0.25, 0.3) is 5.00 Å². The first-order chi connectivity index (χ1) is 17.4. The van der Waals surface area contributed by atoms with Gasteiger partial charge in [-0.3, -0.25) is 14.4 Å². The second-order valence-electron chi connectivity index (χ2n) is 10.3. The molecule has 0 aliphatic carbocycles. The number of piperidine rings is 2. The van der Waals surface area contributed by atoms with Gasteiger partial charge in [0.25, 0.3) is 0 Å². The van der Waals surface area contributed by atoms with Crippen LogP contribution in [0.4, 0.5) is 0 Å². The molecule has 5 heterocycles. The van der Waals surface area contributed by atoms with Crippen LogP contribution >= 0.6 is 22.9 Å². The zero-order valence-corrected chi connectivity index (χ0v) is 22.4. The van der Waals surface area contributed by atoms with Crippen molar-refractivity contribution in [3.05, 3.63) is 62.5 Å². The molecular formula is C27H31ClN6OS. The van der Waals surface area contributed by atoms with Crippen molar-refractivity contribution in [3.63, 3.8) is 0 Å². The predicted octanol–water partition coefficient (Wildman–Crippen LogP) is 4.98. The van der Waals surface area contributed by atoms with Crippen molar-refractivity contribution in [2.24, 2.45) is 4.99 Å². The van der Waals surface area contributed by atoms with Gasteiger partial charge in [-0.1, -0.05) is 30.2 Å².